The van der Waals surface area contributed by atoms with Gasteiger partial charge >= 0.3 is 8.05 Å². The number of piperidine rings is 1. The highest BCUT2D eigenvalue weighted by Crippen LogP contribution is 2.33. The first-order valence-corrected chi connectivity index (χ1v) is 4.11. The second kappa shape index (κ2) is 2.52. The second-order valence-corrected chi connectivity index (χ2v) is 3.44. The molecule has 2 fully saturated rings. The van der Waals surface area contributed by atoms with Gasteiger partial charge in [-0.3, -0.25) is 4.79 Å². The van der Waals surface area contributed by atoms with Gasteiger partial charge in [-0.1, -0.05) is 0 Å². The van der Waals surface area contributed by atoms with Crippen molar-refractivity contribution in [1.29, 1.82) is 0 Å². The molecule has 60 valence electrons. The number of nitrogens with zero attached hydrogens (tertiary/aromatic N) is 1. The van der Waals surface area contributed by atoms with Gasteiger partial charge in [0.1, 0.15) is 0 Å². The standard InChI is InChI=1S/C7H12BNO2/c8-11-7(10)6-4-9-2-1-5(6)3-9/h5-6H,1-4,8H2. The number of rotatable bonds is 1. The van der Waals surface area contributed by atoms with E-state index in [1.807, 2.05) is 0 Å². The van der Waals surface area contributed by atoms with Crippen LogP contribution in [-0.2, 0) is 9.45 Å². The first kappa shape index (κ1) is 7.16. The molecular formula is C7H12BNO2. The molecule has 2 bridgehead atoms. The van der Waals surface area contributed by atoms with Crippen LogP contribution < -0.4 is 0 Å². The molecule has 2 saturated heterocycles. The van der Waals surface area contributed by atoms with Crippen LogP contribution in [0, 0.1) is 11.8 Å². The molecule has 0 aromatic heterocycles. The Kier molecular flexibility index (Phi) is 1.64. The van der Waals surface area contributed by atoms with Crippen molar-refractivity contribution in [3.05, 3.63) is 0 Å². The molecule has 0 spiro atoms. The highest BCUT2D eigenvalue weighted by Gasteiger charge is 2.42. The molecule has 0 amide bonds. The van der Waals surface area contributed by atoms with E-state index < -0.39 is 0 Å². The third-order valence-corrected chi connectivity index (χ3v) is 2.84. The van der Waals surface area contributed by atoms with E-state index in [0.717, 1.165) is 13.1 Å². The lowest BCUT2D eigenvalue weighted by atomic mass is 9.93. The molecule has 2 aliphatic rings. The minimum absolute atomic E-state index is 0.0165. The van der Waals surface area contributed by atoms with Crippen molar-refractivity contribution in [2.45, 2.75) is 6.42 Å². The highest BCUT2D eigenvalue weighted by atomic mass is 16.5. The maximum atomic E-state index is 11.2. The van der Waals surface area contributed by atoms with E-state index >= 15 is 0 Å². The van der Waals surface area contributed by atoms with Crippen molar-refractivity contribution in [3.8, 4) is 0 Å². The summed E-state index contributed by atoms with van der Waals surface area (Å²) in [6.45, 7) is 3.22. The third kappa shape index (κ3) is 1.05. The van der Waals surface area contributed by atoms with Crippen LogP contribution in [0.1, 0.15) is 6.42 Å². The van der Waals surface area contributed by atoms with Crippen molar-refractivity contribution in [2.24, 2.45) is 11.8 Å². The normalized spacial score (nSPS) is 40.9. The summed E-state index contributed by atoms with van der Waals surface area (Å²) in [7, 11) is 1.48. The Morgan fingerprint density at radius 3 is 2.82 bits per heavy atom. The molecule has 0 aromatic carbocycles. The Hall–Kier alpha value is -0.505. The smallest absolute Gasteiger partial charge is 0.325 e. The van der Waals surface area contributed by atoms with Gasteiger partial charge in [-0.15, -0.1) is 0 Å². The average molecular weight is 153 g/mol. The van der Waals surface area contributed by atoms with Crippen molar-refractivity contribution in [2.75, 3.05) is 19.6 Å². The molecule has 2 heterocycles. The summed E-state index contributed by atoms with van der Waals surface area (Å²) < 4.78 is 4.72. The van der Waals surface area contributed by atoms with Crippen LogP contribution in [0.5, 0.6) is 0 Å². The van der Waals surface area contributed by atoms with E-state index in [1.165, 1.54) is 21.0 Å². The largest absolute Gasteiger partial charge is 0.543 e. The number of hydrogen-bond acceptors (Lipinski definition) is 3. The minimum Gasteiger partial charge on any atom is -0.543 e. The Morgan fingerprint density at radius 1 is 1.55 bits per heavy atom. The zero-order valence-corrected chi connectivity index (χ0v) is 6.75. The topological polar surface area (TPSA) is 29.5 Å². The van der Waals surface area contributed by atoms with Crippen molar-refractivity contribution in [3.63, 3.8) is 0 Å². The summed E-state index contributed by atoms with van der Waals surface area (Å²) in [6, 6.07) is 0. The Balaban J connectivity index is 2.02. The summed E-state index contributed by atoms with van der Waals surface area (Å²) >= 11 is 0. The van der Waals surface area contributed by atoms with Crippen LogP contribution in [0.15, 0.2) is 0 Å². The van der Waals surface area contributed by atoms with E-state index in [2.05, 4.69) is 4.90 Å². The van der Waals surface area contributed by atoms with Gasteiger partial charge < -0.3 is 9.55 Å². The monoisotopic (exact) mass is 153 g/mol. The minimum atomic E-state index is -0.0165. The molecule has 0 saturated carbocycles. The van der Waals surface area contributed by atoms with Gasteiger partial charge in [0.2, 0.25) is 0 Å². The number of hydrogen-bond donors (Lipinski definition) is 0. The molecule has 4 heteroatoms. The van der Waals surface area contributed by atoms with E-state index in [4.69, 9.17) is 4.65 Å². The zero-order chi connectivity index (χ0) is 7.84. The van der Waals surface area contributed by atoms with Gasteiger partial charge in [0.05, 0.1) is 5.92 Å². The van der Waals surface area contributed by atoms with Gasteiger partial charge in [0.25, 0.3) is 5.97 Å². The summed E-state index contributed by atoms with van der Waals surface area (Å²) in [4.78, 5) is 13.5. The van der Waals surface area contributed by atoms with Crippen LogP contribution in [0.3, 0.4) is 0 Å². The third-order valence-electron chi connectivity index (χ3n) is 2.84. The summed E-state index contributed by atoms with van der Waals surface area (Å²) in [5.41, 5.74) is 0. The van der Waals surface area contributed by atoms with Gasteiger partial charge in [-0.25, -0.2) is 0 Å². The fraction of sp³-hybridized carbons (Fsp3) is 0.857. The number of carbonyl (C=O) groups is 1. The first-order valence-electron chi connectivity index (χ1n) is 4.11. The van der Waals surface area contributed by atoms with E-state index in [9.17, 15) is 4.79 Å². The zero-order valence-electron chi connectivity index (χ0n) is 6.75. The lowest BCUT2D eigenvalue weighted by Gasteiger charge is -2.19. The summed E-state index contributed by atoms with van der Waals surface area (Å²) in [6.07, 6.45) is 1.18. The Morgan fingerprint density at radius 2 is 2.36 bits per heavy atom. The second-order valence-electron chi connectivity index (χ2n) is 3.44. The lowest BCUT2D eigenvalue weighted by molar-refractivity contribution is -0.139. The predicted molar refractivity (Wildman–Crippen MR) is 42.7 cm³/mol. The Labute approximate surface area is 67.1 Å². The molecule has 0 aromatic rings. The summed E-state index contributed by atoms with van der Waals surface area (Å²) in [5.74, 6) is 0.744. The molecule has 0 N–H and O–H groups in total. The SMILES string of the molecule is BOC(=O)C1CN2CCC1C2. The molecule has 0 radical (unpaired) electrons. The van der Waals surface area contributed by atoms with Crippen molar-refractivity contribution >= 4 is 14.0 Å². The van der Waals surface area contributed by atoms with Crippen LogP contribution >= 0.6 is 0 Å². The fourth-order valence-corrected chi connectivity index (χ4v) is 2.20. The molecule has 2 aliphatic heterocycles. The highest BCUT2D eigenvalue weighted by molar-refractivity contribution is 6.05. The van der Waals surface area contributed by atoms with Crippen LogP contribution in [-0.4, -0.2) is 38.6 Å². The maximum absolute atomic E-state index is 11.2. The fourth-order valence-electron chi connectivity index (χ4n) is 2.20. The maximum Gasteiger partial charge on any atom is 0.325 e. The van der Waals surface area contributed by atoms with Crippen LogP contribution in [0.4, 0.5) is 0 Å². The van der Waals surface area contributed by atoms with Gasteiger partial charge in [0.15, 0.2) is 0 Å². The molecule has 3 atom stereocenters. The predicted octanol–water partition coefficient (Wildman–Crippen LogP) is -0.971. The van der Waals surface area contributed by atoms with E-state index in [0.29, 0.717) is 5.92 Å². The molecule has 3 nitrogen and oxygen atoms in total. The van der Waals surface area contributed by atoms with E-state index in [1.54, 1.807) is 0 Å². The van der Waals surface area contributed by atoms with Crippen molar-refractivity contribution in [1.82, 2.24) is 4.90 Å². The molecule has 3 unspecified atom stereocenters. The molecular weight excluding hydrogens is 141 g/mol. The number of carbonyl (C=O) groups excluding carboxylic acids is 1. The van der Waals surface area contributed by atoms with Crippen molar-refractivity contribution < 1.29 is 9.45 Å². The quantitative estimate of drug-likeness (QED) is 0.454. The van der Waals surface area contributed by atoms with E-state index in [-0.39, 0.29) is 11.9 Å². The Bertz CT molecular complexity index is 185. The average Bonchev–Trinajstić information content (AvgIpc) is 2.62. The molecule has 2 rings (SSSR count). The molecule has 0 aliphatic carbocycles. The number of fused-ring (bicyclic) bond motifs is 2. The first-order chi connectivity index (χ1) is 5.31. The molecule has 11 heavy (non-hydrogen) atoms. The van der Waals surface area contributed by atoms with Gasteiger partial charge in [-0.2, -0.15) is 0 Å². The van der Waals surface area contributed by atoms with Gasteiger partial charge in [0, 0.05) is 13.1 Å². The van der Waals surface area contributed by atoms with Crippen LogP contribution in [0.25, 0.3) is 0 Å². The van der Waals surface area contributed by atoms with Crippen LogP contribution in [0.2, 0.25) is 0 Å². The lowest BCUT2D eigenvalue weighted by Crippen LogP contribution is -2.30. The summed E-state index contributed by atoms with van der Waals surface area (Å²) in [5, 5.41) is 0. The van der Waals surface area contributed by atoms with Gasteiger partial charge in [-0.05, 0) is 18.9 Å².